The summed E-state index contributed by atoms with van der Waals surface area (Å²) < 4.78 is 0. The number of benzene rings is 1. The first kappa shape index (κ1) is 13.6. The Morgan fingerprint density at radius 3 is 2.60 bits per heavy atom. The van der Waals surface area contributed by atoms with Crippen LogP contribution in [0.2, 0.25) is 0 Å². The number of nitrogens with zero attached hydrogens (tertiary/aromatic N) is 1. The monoisotopic (exact) mass is 272 g/mol. The number of amides is 1. The van der Waals surface area contributed by atoms with E-state index < -0.39 is 0 Å². The second-order valence-electron chi connectivity index (χ2n) is 6.39. The molecule has 2 fully saturated rings. The van der Waals surface area contributed by atoms with Crippen LogP contribution >= 0.6 is 0 Å². The molecule has 3 atom stereocenters. The minimum absolute atomic E-state index is 0.160. The van der Waals surface area contributed by atoms with Crippen LogP contribution in [-0.2, 0) is 4.79 Å². The first-order valence-electron chi connectivity index (χ1n) is 7.73. The molecule has 0 radical (unpaired) electrons. The third-order valence-corrected chi connectivity index (χ3v) is 5.04. The number of carbonyl (C=O) groups is 1. The normalized spacial score (nSPS) is 28.2. The molecule has 1 amide bonds. The van der Waals surface area contributed by atoms with Crippen molar-refractivity contribution in [2.24, 2.45) is 11.8 Å². The standard InChI is InChI=1S/C17H24N2O/c1-12-8-15(14-6-4-3-5-7-14)11-19(12)17(20)13(2)16-9-18-10-16/h3-7,12-13,15-16,18H,8-11H2,1-2H3. The Labute approximate surface area is 121 Å². The molecule has 0 aromatic heterocycles. The first-order chi connectivity index (χ1) is 9.66. The van der Waals surface area contributed by atoms with Gasteiger partial charge in [-0.3, -0.25) is 4.79 Å². The molecule has 0 saturated carbocycles. The maximum Gasteiger partial charge on any atom is 0.226 e. The third-order valence-electron chi connectivity index (χ3n) is 5.04. The number of rotatable bonds is 3. The number of hydrogen-bond donors (Lipinski definition) is 1. The summed E-state index contributed by atoms with van der Waals surface area (Å²) in [4.78, 5) is 14.8. The quantitative estimate of drug-likeness (QED) is 0.915. The molecule has 2 aliphatic heterocycles. The predicted molar refractivity (Wildman–Crippen MR) is 80.5 cm³/mol. The van der Waals surface area contributed by atoms with E-state index in [1.54, 1.807) is 0 Å². The summed E-state index contributed by atoms with van der Waals surface area (Å²) in [7, 11) is 0. The van der Waals surface area contributed by atoms with Crippen molar-refractivity contribution in [1.29, 1.82) is 0 Å². The summed E-state index contributed by atoms with van der Waals surface area (Å²) in [5.41, 5.74) is 1.37. The van der Waals surface area contributed by atoms with E-state index in [1.807, 2.05) is 0 Å². The van der Waals surface area contributed by atoms with Crippen molar-refractivity contribution >= 4 is 5.91 Å². The first-order valence-corrected chi connectivity index (χ1v) is 7.73. The fraction of sp³-hybridized carbons (Fsp3) is 0.588. The second kappa shape index (κ2) is 5.57. The van der Waals surface area contributed by atoms with Gasteiger partial charge in [0, 0.05) is 24.4 Å². The molecular weight excluding hydrogens is 248 g/mol. The highest BCUT2D eigenvalue weighted by Gasteiger charge is 2.38. The molecule has 20 heavy (non-hydrogen) atoms. The van der Waals surface area contributed by atoms with Crippen LogP contribution in [-0.4, -0.2) is 36.5 Å². The summed E-state index contributed by atoms with van der Waals surface area (Å²) in [5, 5.41) is 3.26. The maximum atomic E-state index is 12.7. The molecule has 3 rings (SSSR count). The number of nitrogens with one attached hydrogen (secondary N) is 1. The molecule has 1 aromatic rings. The summed E-state index contributed by atoms with van der Waals surface area (Å²) in [6.45, 7) is 7.16. The Morgan fingerprint density at radius 1 is 1.30 bits per heavy atom. The minimum atomic E-state index is 0.160. The molecule has 108 valence electrons. The molecule has 2 saturated heterocycles. The largest absolute Gasteiger partial charge is 0.339 e. The fourth-order valence-electron chi connectivity index (χ4n) is 3.43. The highest BCUT2D eigenvalue weighted by atomic mass is 16.2. The molecule has 0 spiro atoms. The van der Waals surface area contributed by atoms with Crippen LogP contribution in [0.1, 0.15) is 31.7 Å². The summed E-state index contributed by atoms with van der Waals surface area (Å²) in [5.74, 6) is 1.54. The molecular formula is C17H24N2O. The van der Waals surface area contributed by atoms with Gasteiger partial charge in [0.25, 0.3) is 0 Å². The van der Waals surface area contributed by atoms with Crippen molar-refractivity contribution in [3.8, 4) is 0 Å². The SMILES string of the molecule is CC(C(=O)N1CC(c2ccccc2)CC1C)C1CNC1. The number of likely N-dealkylation sites (tertiary alicyclic amines) is 1. The summed E-state index contributed by atoms with van der Waals surface area (Å²) in [6.07, 6.45) is 1.09. The zero-order valence-corrected chi connectivity index (χ0v) is 12.4. The van der Waals surface area contributed by atoms with E-state index in [0.717, 1.165) is 26.1 Å². The van der Waals surface area contributed by atoms with E-state index in [0.29, 0.717) is 23.8 Å². The van der Waals surface area contributed by atoms with E-state index in [9.17, 15) is 4.79 Å². The molecule has 0 bridgehead atoms. The molecule has 3 unspecified atom stereocenters. The van der Waals surface area contributed by atoms with Crippen LogP contribution in [0.25, 0.3) is 0 Å². The smallest absolute Gasteiger partial charge is 0.226 e. The minimum Gasteiger partial charge on any atom is -0.339 e. The zero-order valence-electron chi connectivity index (χ0n) is 12.4. The topological polar surface area (TPSA) is 32.3 Å². The summed E-state index contributed by atoms with van der Waals surface area (Å²) >= 11 is 0. The van der Waals surface area contributed by atoms with Gasteiger partial charge in [-0.15, -0.1) is 0 Å². The Kier molecular flexibility index (Phi) is 3.79. The van der Waals surface area contributed by atoms with Crippen LogP contribution in [0.4, 0.5) is 0 Å². The molecule has 2 heterocycles. The van der Waals surface area contributed by atoms with Gasteiger partial charge in [-0.2, -0.15) is 0 Å². The van der Waals surface area contributed by atoms with Gasteiger partial charge in [-0.05, 0) is 37.9 Å². The second-order valence-corrected chi connectivity index (χ2v) is 6.39. The number of hydrogen-bond acceptors (Lipinski definition) is 2. The van der Waals surface area contributed by atoms with Crippen LogP contribution < -0.4 is 5.32 Å². The zero-order chi connectivity index (χ0) is 14.1. The van der Waals surface area contributed by atoms with Crippen LogP contribution in [0.3, 0.4) is 0 Å². The van der Waals surface area contributed by atoms with E-state index >= 15 is 0 Å². The van der Waals surface area contributed by atoms with Crippen molar-refractivity contribution < 1.29 is 4.79 Å². The lowest BCUT2D eigenvalue weighted by Crippen LogP contribution is -2.51. The summed E-state index contributed by atoms with van der Waals surface area (Å²) in [6, 6.07) is 11.0. The lowest BCUT2D eigenvalue weighted by molar-refractivity contribution is -0.138. The molecule has 2 aliphatic rings. The maximum absolute atomic E-state index is 12.7. The molecule has 3 nitrogen and oxygen atoms in total. The van der Waals surface area contributed by atoms with Crippen molar-refractivity contribution in [3.63, 3.8) is 0 Å². The third kappa shape index (κ3) is 2.47. The van der Waals surface area contributed by atoms with Gasteiger partial charge in [0.1, 0.15) is 0 Å². The Bertz CT molecular complexity index is 469. The van der Waals surface area contributed by atoms with Gasteiger partial charge >= 0.3 is 0 Å². The van der Waals surface area contributed by atoms with Gasteiger partial charge in [-0.25, -0.2) is 0 Å². The van der Waals surface area contributed by atoms with Gasteiger partial charge in [-0.1, -0.05) is 37.3 Å². The lowest BCUT2D eigenvalue weighted by atomic mass is 9.88. The van der Waals surface area contributed by atoms with Gasteiger partial charge < -0.3 is 10.2 Å². The van der Waals surface area contributed by atoms with Crippen molar-refractivity contribution in [2.75, 3.05) is 19.6 Å². The van der Waals surface area contributed by atoms with Gasteiger partial charge in [0.2, 0.25) is 5.91 Å². The fourth-order valence-corrected chi connectivity index (χ4v) is 3.43. The number of carbonyl (C=O) groups excluding carboxylic acids is 1. The highest BCUT2D eigenvalue weighted by molar-refractivity contribution is 5.79. The molecule has 1 N–H and O–H groups in total. The van der Waals surface area contributed by atoms with Crippen LogP contribution in [0.15, 0.2) is 30.3 Å². The van der Waals surface area contributed by atoms with E-state index in [-0.39, 0.29) is 5.92 Å². The van der Waals surface area contributed by atoms with Crippen molar-refractivity contribution in [1.82, 2.24) is 10.2 Å². The Balaban J connectivity index is 1.67. The molecule has 0 aliphatic carbocycles. The predicted octanol–water partition coefficient (Wildman–Crippen LogP) is 2.25. The van der Waals surface area contributed by atoms with E-state index in [1.165, 1.54) is 5.56 Å². The van der Waals surface area contributed by atoms with Crippen LogP contribution in [0, 0.1) is 11.8 Å². The van der Waals surface area contributed by atoms with E-state index in [4.69, 9.17) is 0 Å². The average molecular weight is 272 g/mol. The average Bonchev–Trinajstić information content (AvgIpc) is 2.79. The van der Waals surface area contributed by atoms with E-state index in [2.05, 4.69) is 54.4 Å². The van der Waals surface area contributed by atoms with Crippen LogP contribution in [0.5, 0.6) is 0 Å². The Morgan fingerprint density at radius 2 is 2.00 bits per heavy atom. The van der Waals surface area contributed by atoms with Crippen molar-refractivity contribution in [3.05, 3.63) is 35.9 Å². The highest BCUT2D eigenvalue weighted by Crippen LogP contribution is 2.33. The van der Waals surface area contributed by atoms with Gasteiger partial charge in [0.05, 0.1) is 0 Å². The van der Waals surface area contributed by atoms with Gasteiger partial charge in [0.15, 0.2) is 0 Å². The Hall–Kier alpha value is -1.35. The molecule has 1 aromatic carbocycles. The lowest BCUT2D eigenvalue weighted by Gasteiger charge is -2.35. The van der Waals surface area contributed by atoms with Crippen molar-refractivity contribution in [2.45, 2.75) is 32.2 Å². The molecule has 3 heteroatoms.